The average molecular weight is 410 g/mol. The van der Waals surface area contributed by atoms with Gasteiger partial charge in [0.2, 0.25) is 5.91 Å². The van der Waals surface area contributed by atoms with Crippen LogP contribution in [0.5, 0.6) is 5.75 Å². The highest BCUT2D eigenvalue weighted by atomic mass is 16.5. The maximum Gasteiger partial charge on any atom is 0.341 e. The van der Waals surface area contributed by atoms with Crippen LogP contribution in [0.1, 0.15) is 12.0 Å². The van der Waals surface area contributed by atoms with Gasteiger partial charge in [-0.25, -0.2) is 10.2 Å². The van der Waals surface area contributed by atoms with Gasteiger partial charge in [0.15, 0.2) is 6.61 Å². The minimum Gasteiger partial charge on any atom is -0.481 e. The van der Waals surface area contributed by atoms with Gasteiger partial charge in [0.1, 0.15) is 5.75 Å². The normalized spacial score (nSPS) is 14.6. The Hall–Kier alpha value is -3.39. The van der Waals surface area contributed by atoms with Gasteiger partial charge >= 0.3 is 5.97 Å². The first kappa shape index (κ1) is 21.3. The summed E-state index contributed by atoms with van der Waals surface area (Å²) in [7, 11) is 0. The second-order valence-electron chi connectivity index (χ2n) is 6.93. The minimum atomic E-state index is -1.06. The number of hydrogen-bond donors (Lipinski definition) is 2. The van der Waals surface area contributed by atoms with Crippen LogP contribution in [0, 0.1) is 0 Å². The van der Waals surface area contributed by atoms with E-state index in [1.165, 1.54) is 11.9 Å². The van der Waals surface area contributed by atoms with Gasteiger partial charge in [-0.3, -0.25) is 9.69 Å². The van der Waals surface area contributed by atoms with E-state index in [2.05, 4.69) is 32.5 Å². The molecule has 0 saturated carbocycles. The molecular weight excluding hydrogens is 384 g/mol. The van der Waals surface area contributed by atoms with Crippen LogP contribution in [0.25, 0.3) is 0 Å². The van der Waals surface area contributed by atoms with Crippen molar-refractivity contribution in [1.82, 2.24) is 10.3 Å². The SMILES string of the molecule is O=C(O)COc1ccccc1C=NNC(=O)CCN1CCN(c2ccccc2)CC1. The maximum atomic E-state index is 12.1. The lowest BCUT2D eigenvalue weighted by Gasteiger charge is -2.36. The zero-order valence-corrected chi connectivity index (χ0v) is 16.7. The fourth-order valence-corrected chi connectivity index (χ4v) is 3.22. The molecule has 8 heteroatoms. The number of anilines is 1. The number of carbonyl (C=O) groups is 2. The highest BCUT2D eigenvalue weighted by Crippen LogP contribution is 2.16. The van der Waals surface area contributed by atoms with Crippen LogP contribution >= 0.6 is 0 Å². The number of nitrogens with one attached hydrogen (secondary N) is 1. The largest absolute Gasteiger partial charge is 0.481 e. The monoisotopic (exact) mass is 410 g/mol. The number of ether oxygens (including phenoxy) is 1. The number of aliphatic carboxylic acids is 1. The van der Waals surface area contributed by atoms with E-state index in [0.29, 0.717) is 24.3 Å². The lowest BCUT2D eigenvalue weighted by Crippen LogP contribution is -2.47. The summed E-state index contributed by atoms with van der Waals surface area (Å²) >= 11 is 0. The first-order chi connectivity index (χ1) is 14.6. The molecule has 2 aromatic carbocycles. The molecule has 1 aliphatic heterocycles. The second-order valence-corrected chi connectivity index (χ2v) is 6.93. The highest BCUT2D eigenvalue weighted by molar-refractivity contribution is 5.85. The molecule has 0 unspecified atom stereocenters. The first-order valence-electron chi connectivity index (χ1n) is 9.90. The molecule has 1 saturated heterocycles. The van der Waals surface area contributed by atoms with Crippen molar-refractivity contribution < 1.29 is 19.4 Å². The van der Waals surface area contributed by atoms with Gasteiger partial charge in [-0.15, -0.1) is 0 Å². The molecule has 1 fully saturated rings. The third-order valence-corrected chi connectivity index (χ3v) is 4.81. The van der Waals surface area contributed by atoms with E-state index in [1.54, 1.807) is 24.3 Å². The molecule has 1 heterocycles. The molecule has 0 bridgehead atoms. The van der Waals surface area contributed by atoms with Crippen molar-refractivity contribution in [3.05, 3.63) is 60.2 Å². The smallest absolute Gasteiger partial charge is 0.341 e. The summed E-state index contributed by atoms with van der Waals surface area (Å²) in [6.07, 6.45) is 1.81. The molecule has 8 nitrogen and oxygen atoms in total. The molecule has 2 N–H and O–H groups in total. The number of benzene rings is 2. The Morgan fingerprint density at radius 3 is 2.47 bits per heavy atom. The standard InChI is InChI=1S/C22H26N4O4/c27-21(24-23-16-18-6-4-5-9-20(18)30-17-22(28)29)10-11-25-12-14-26(15-13-25)19-7-2-1-3-8-19/h1-9,16H,10-15,17H2,(H,24,27)(H,28,29). The van der Waals surface area contributed by atoms with E-state index in [-0.39, 0.29) is 5.91 Å². The lowest BCUT2D eigenvalue weighted by molar-refractivity contribution is -0.139. The van der Waals surface area contributed by atoms with Crippen molar-refractivity contribution >= 4 is 23.8 Å². The van der Waals surface area contributed by atoms with E-state index >= 15 is 0 Å². The predicted octanol–water partition coefficient (Wildman–Crippen LogP) is 1.81. The second kappa shape index (κ2) is 11.0. The van der Waals surface area contributed by atoms with Crippen molar-refractivity contribution in [2.45, 2.75) is 6.42 Å². The van der Waals surface area contributed by atoms with E-state index < -0.39 is 12.6 Å². The summed E-state index contributed by atoms with van der Waals surface area (Å²) < 4.78 is 5.21. The van der Waals surface area contributed by atoms with Gasteiger partial charge in [0, 0.05) is 50.4 Å². The molecule has 2 aromatic rings. The number of nitrogens with zero attached hydrogens (tertiary/aromatic N) is 3. The van der Waals surface area contributed by atoms with E-state index in [9.17, 15) is 9.59 Å². The summed E-state index contributed by atoms with van der Waals surface area (Å²) in [5.41, 5.74) is 4.35. The molecule has 3 rings (SSSR count). The number of hydrazone groups is 1. The maximum absolute atomic E-state index is 12.1. The van der Waals surface area contributed by atoms with Crippen molar-refractivity contribution in [1.29, 1.82) is 0 Å². The Morgan fingerprint density at radius 1 is 1.03 bits per heavy atom. The summed E-state index contributed by atoms with van der Waals surface area (Å²) in [5.74, 6) is -0.825. The van der Waals surface area contributed by atoms with Gasteiger partial charge in [-0.2, -0.15) is 5.10 Å². The number of amides is 1. The van der Waals surface area contributed by atoms with Crippen LogP contribution in [0.4, 0.5) is 5.69 Å². The summed E-state index contributed by atoms with van der Waals surface area (Å²) in [6.45, 7) is 3.96. The first-order valence-corrected chi connectivity index (χ1v) is 9.90. The number of rotatable bonds is 9. The Kier molecular flexibility index (Phi) is 7.79. The number of piperazine rings is 1. The van der Waals surface area contributed by atoms with Crippen LogP contribution in [0.3, 0.4) is 0 Å². The van der Waals surface area contributed by atoms with Crippen LogP contribution in [-0.4, -0.2) is 67.4 Å². The van der Waals surface area contributed by atoms with Gasteiger partial charge < -0.3 is 14.7 Å². The molecule has 0 aliphatic carbocycles. The third-order valence-electron chi connectivity index (χ3n) is 4.81. The zero-order chi connectivity index (χ0) is 21.2. The van der Waals surface area contributed by atoms with Crippen molar-refractivity contribution in [2.24, 2.45) is 5.10 Å². The number of carbonyl (C=O) groups excluding carboxylic acids is 1. The van der Waals surface area contributed by atoms with Crippen LogP contribution in [-0.2, 0) is 9.59 Å². The third kappa shape index (κ3) is 6.59. The molecule has 1 aliphatic rings. The number of hydrogen-bond acceptors (Lipinski definition) is 6. The number of para-hydroxylation sites is 2. The van der Waals surface area contributed by atoms with Crippen molar-refractivity contribution in [2.75, 3.05) is 44.2 Å². The summed E-state index contributed by atoms with van der Waals surface area (Å²) in [6, 6.07) is 17.3. The number of carboxylic acids is 1. The van der Waals surface area contributed by atoms with E-state index in [4.69, 9.17) is 9.84 Å². The predicted molar refractivity (Wildman–Crippen MR) is 115 cm³/mol. The topological polar surface area (TPSA) is 94.5 Å². The Morgan fingerprint density at radius 2 is 1.73 bits per heavy atom. The van der Waals surface area contributed by atoms with E-state index in [0.717, 1.165) is 26.2 Å². The molecule has 1 amide bonds. The highest BCUT2D eigenvalue weighted by Gasteiger charge is 2.17. The zero-order valence-electron chi connectivity index (χ0n) is 16.7. The fourth-order valence-electron chi connectivity index (χ4n) is 3.22. The Labute approximate surface area is 175 Å². The van der Waals surface area contributed by atoms with E-state index in [1.807, 2.05) is 18.2 Å². The Bertz CT molecular complexity index is 864. The molecule has 0 radical (unpaired) electrons. The molecule has 0 aromatic heterocycles. The average Bonchev–Trinajstić information content (AvgIpc) is 2.78. The number of carboxylic acid groups (broad SMARTS) is 1. The Balaban J connectivity index is 1.39. The van der Waals surface area contributed by atoms with Gasteiger partial charge in [0.25, 0.3) is 0 Å². The summed E-state index contributed by atoms with van der Waals surface area (Å²) in [4.78, 5) is 27.4. The minimum absolute atomic E-state index is 0.166. The van der Waals surface area contributed by atoms with Gasteiger partial charge in [0.05, 0.1) is 6.21 Å². The van der Waals surface area contributed by atoms with Crippen LogP contribution in [0.2, 0.25) is 0 Å². The van der Waals surface area contributed by atoms with Crippen molar-refractivity contribution in [3.8, 4) is 5.75 Å². The molecule has 158 valence electrons. The van der Waals surface area contributed by atoms with Crippen LogP contribution < -0.4 is 15.1 Å². The molecule has 0 spiro atoms. The lowest BCUT2D eigenvalue weighted by atomic mass is 10.2. The van der Waals surface area contributed by atoms with Gasteiger partial charge in [-0.05, 0) is 24.3 Å². The molecular formula is C22H26N4O4. The van der Waals surface area contributed by atoms with Crippen LogP contribution in [0.15, 0.2) is 59.7 Å². The molecule has 0 atom stereocenters. The van der Waals surface area contributed by atoms with Crippen molar-refractivity contribution in [3.63, 3.8) is 0 Å². The quantitative estimate of drug-likeness (QED) is 0.484. The summed E-state index contributed by atoms with van der Waals surface area (Å²) in [5, 5.41) is 12.7. The van der Waals surface area contributed by atoms with Gasteiger partial charge in [-0.1, -0.05) is 30.3 Å². The molecule has 30 heavy (non-hydrogen) atoms. The fraction of sp³-hybridized carbons (Fsp3) is 0.318.